The highest BCUT2D eigenvalue weighted by Gasteiger charge is 2.20. The molecule has 0 saturated carbocycles. The van der Waals surface area contributed by atoms with Crippen LogP contribution < -0.4 is 9.80 Å². The van der Waals surface area contributed by atoms with Crippen LogP contribution in [0.4, 0.5) is 21.6 Å². The number of hydrogen-bond acceptors (Lipinski definition) is 6. The van der Waals surface area contributed by atoms with Gasteiger partial charge in [0.25, 0.3) is 0 Å². The number of ether oxygens (including phenoxy) is 1. The molecule has 2 aliphatic rings. The number of benzene rings is 1. The number of halogens is 1. The Bertz CT molecular complexity index is 1140. The van der Waals surface area contributed by atoms with Gasteiger partial charge in [0.05, 0.1) is 31.1 Å². The summed E-state index contributed by atoms with van der Waals surface area (Å²) in [5, 5.41) is 0.997. The molecule has 0 radical (unpaired) electrons. The average molecular weight is 403 g/mol. The number of morpholine rings is 1. The van der Waals surface area contributed by atoms with E-state index in [0.29, 0.717) is 19.8 Å². The van der Waals surface area contributed by atoms with E-state index in [4.69, 9.17) is 9.72 Å². The number of rotatable bonds is 4. The van der Waals surface area contributed by atoms with Crippen molar-refractivity contribution >= 4 is 39.9 Å². The van der Waals surface area contributed by atoms with Crippen LogP contribution in [0.1, 0.15) is 5.69 Å². The van der Waals surface area contributed by atoms with Crippen molar-refractivity contribution in [2.45, 2.75) is 0 Å². The van der Waals surface area contributed by atoms with Gasteiger partial charge in [0.15, 0.2) is 0 Å². The summed E-state index contributed by atoms with van der Waals surface area (Å²) in [7, 11) is 1.99. The van der Waals surface area contributed by atoms with Gasteiger partial charge >= 0.3 is 0 Å². The van der Waals surface area contributed by atoms with Crippen molar-refractivity contribution in [2.24, 2.45) is 4.99 Å². The molecule has 0 atom stereocenters. The van der Waals surface area contributed by atoms with Crippen LogP contribution in [0.5, 0.6) is 0 Å². The van der Waals surface area contributed by atoms with E-state index in [1.54, 1.807) is 12.1 Å². The second kappa shape index (κ2) is 7.84. The molecule has 3 aromatic rings. The van der Waals surface area contributed by atoms with E-state index in [2.05, 4.69) is 25.8 Å². The summed E-state index contributed by atoms with van der Waals surface area (Å²) in [6.45, 7) is 3.56. The smallest absolute Gasteiger partial charge is 0.131 e. The Balaban J connectivity index is 1.69. The molecule has 0 N–H and O–H groups in total. The highest BCUT2D eigenvalue weighted by atomic mass is 19.1. The largest absolute Gasteiger partial charge is 0.378 e. The molecule has 1 fully saturated rings. The van der Waals surface area contributed by atoms with Gasteiger partial charge in [-0.05, 0) is 36.4 Å². The lowest BCUT2D eigenvalue weighted by Crippen LogP contribution is -2.36. The van der Waals surface area contributed by atoms with Crippen LogP contribution in [0.25, 0.3) is 16.5 Å². The van der Waals surface area contributed by atoms with Gasteiger partial charge in [-0.25, -0.2) is 9.37 Å². The molecule has 2 aromatic heterocycles. The SMILES string of the molecule is CN(c1ccc(F)cc1)c1cc(N2CCOCC2)nc2c(C3=CC=NC3)nccc12. The van der Waals surface area contributed by atoms with E-state index in [9.17, 15) is 4.39 Å². The predicted molar refractivity (Wildman–Crippen MR) is 118 cm³/mol. The molecule has 5 rings (SSSR count). The Morgan fingerprint density at radius 2 is 1.90 bits per heavy atom. The number of aromatic nitrogens is 2. The van der Waals surface area contributed by atoms with Crippen molar-refractivity contribution in [3.05, 3.63) is 60.2 Å². The lowest BCUT2D eigenvalue weighted by molar-refractivity contribution is 0.122. The Labute approximate surface area is 174 Å². The average Bonchev–Trinajstić information content (AvgIpc) is 3.33. The third kappa shape index (κ3) is 3.41. The van der Waals surface area contributed by atoms with Crippen molar-refractivity contribution in [1.29, 1.82) is 0 Å². The number of hydrogen-bond donors (Lipinski definition) is 0. The Kier molecular flexibility index (Phi) is 4.88. The first-order valence-corrected chi connectivity index (χ1v) is 10.0. The summed E-state index contributed by atoms with van der Waals surface area (Å²) < 4.78 is 19.0. The van der Waals surface area contributed by atoms with Gasteiger partial charge in [-0.1, -0.05) is 0 Å². The van der Waals surface area contributed by atoms with Crippen LogP contribution in [-0.4, -0.2) is 56.1 Å². The van der Waals surface area contributed by atoms with Crippen LogP contribution >= 0.6 is 0 Å². The van der Waals surface area contributed by atoms with Gasteiger partial charge < -0.3 is 14.5 Å². The zero-order chi connectivity index (χ0) is 20.5. The molecule has 0 bridgehead atoms. The van der Waals surface area contributed by atoms with Crippen LogP contribution in [0, 0.1) is 5.82 Å². The molecule has 1 saturated heterocycles. The van der Waals surface area contributed by atoms with Crippen molar-refractivity contribution in [1.82, 2.24) is 9.97 Å². The molecule has 0 unspecified atom stereocenters. The van der Waals surface area contributed by atoms with E-state index in [1.807, 2.05) is 31.6 Å². The van der Waals surface area contributed by atoms with Gasteiger partial charge in [-0.2, -0.15) is 0 Å². The lowest BCUT2D eigenvalue weighted by atomic mass is 10.1. The zero-order valence-corrected chi connectivity index (χ0v) is 16.8. The highest BCUT2D eigenvalue weighted by Crippen LogP contribution is 2.36. The number of fused-ring (bicyclic) bond motifs is 1. The summed E-state index contributed by atoms with van der Waals surface area (Å²) in [6.07, 6.45) is 5.62. The zero-order valence-electron chi connectivity index (χ0n) is 16.8. The number of nitrogens with zero attached hydrogens (tertiary/aromatic N) is 5. The lowest BCUT2D eigenvalue weighted by Gasteiger charge is -2.30. The van der Waals surface area contributed by atoms with Gasteiger partial charge in [-0.15, -0.1) is 0 Å². The number of aliphatic imine (C=N–C) groups is 1. The number of allylic oxidation sites excluding steroid dienone is 1. The first-order valence-electron chi connectivity index (χ1n) is 10.0. The minimum Gasteiger partial charge on any atom is -0.378 e. The van der Waals surface area contributed by atoms with Crippen LogP contribution in [0.3, 0.4) is 0 Å². The Morgan fingerprint density at radius 1 is 1.10 bits per heavy atom. The number of pyridine rings is 2. The second-order valence-electron chi connectivity index (χ2n) is 7.37. The van der Waals surface area contributed by atoms with Gasteiger partial charge in [0.1, 0.15) is 17.2 Å². The fourth-order valence-electron chi connectivity index (χ4n) is 3.89. The maximum Gasteiger partial charge on any atom is 0.131 e. The summed E-state index contributed by atoms with van der Waals surface area (Å²) in [5.41, 5.74) is 4.66. The normalized spacial score (nSPS) is 16.2. The first-order chi connectivity index (χ1) is 14.7. The Hall–Kier alpha value is -3.32. The minimum absolute atomic E-state index is 0.250. The highest BCUT2D eigenvalue weighted by molar-refractivity contribution is 6.02. The maximum absolute atomic E-state index is 13.5. The van der Waals surface area contributed by atoms with Gasteiger partial charge in [-0.3, -0.25) is 9.98 Å². The summed E-state index contributed by atoms with van der Waals surface area (Å²) in [6, 6.07) is 10.6. The quantitative estimate of drug-likeness (QED) is 0.663. The van der Waals surface area contributed by atoms with Crippen molar-refractivity contribution in [3.8, 4) is 0 Å². The first kappa shape index (κ1) is 18.7. The summed E-state index contributed by atoms with van der Waals surface area (Å²) >= 11 is 0. The van der Waals surface area contributed by atoms with Gasteiger partial charge in [0, 0.05) is 55.3 Å². The van der Waals surface area contributed by atoms with E-state index in [-0.39, 0.29) is 5.82 Å². The van der Waals surface area contributed by atoms with Crippen molar-refractivity contribution in [2.75, 3.05) is 49.7 Å². The molecule has 4 heterocycles. The molecule has 6 nitrogen and oxygen atoms in total. The molecule has 2 aliphatic heterocycles. The van der Waals surface area contributed by atoms with Crippen LogP contribution in [0.2, 0.25) is 0 Å². The molecule has 0 aliphatic carbocycles. The third-order valence-electron chi connectivity index (χ3n) is 5.55. The maximum atomic E-state index is 13.5. The van der Waals surface area contributed by atoms with E-state index in [0.717, 1.165) is 52.5 Å². The Morgan fingerprint density at radius 3 is 2.63 bits per heavy atom. The molecule has 1 aromatic carbocycles. The third-order valence-corrected chi connectivity index (χ3v) is 5.55. The molecular formula is C23H22FN5O. The van der Waals surface area contributed by atoms with Crippen LogP contribution in [0.15, 0.2) is 53.7 Å². The molecule has 30 heavy (non-hydrogen) atoms. The summed E-state index contributed by atoms with van der Waals surface area (Å²) in [5.74, 6) is 0.643. The molecular weight excluding hydrogens is 381 g/mol. The molecule has 152 valence electrons. The summed E-state index contributed by atoms with van der Waals surface area (Å²) in [4.78, 5) is 18.3. The fourth-order valence-corrected chi connectivity index (χ4v) is 3.89. The topological polar surface area (TPSA) is 53.9 Å². The van der Waals surface area contributed by atoms with Crippen LogP contribution in [-0.2, 0) is 4.74 Å². The standard InChI is InChI=1S/C23H22FN5O/c1-28(18-4-2-17(24)3-5-18)20-14-21(29-10-12-30-13-11-29)27-23-19(20)7-9-26-22(23)16-6-8-25-15-16/h2-9,14H,10-13,15H2,1H3. The van der Waals surface area contributed by atoms with E-state index >= 15 is 0 Å². The second-order valence-corrected chi connectivity index (χ2v) is 7.37. The molecule has 7 heteroatoms. The molecule has 0 amide bonds. The van der Waals surface area contributed by atoms with E-state index < -0.39 is 0 Å². The molecule has 0 spiro atoms. The van der Waals surface area contributed by atoms with Gasteiger partial charge in [0.2, 0.25) is 0 Å². The fraction of sp³-hybridized carbons (Fsp3) is 0.261. The number of anilines is 3. The van der Waals surface area contributed by atoms with E-state index in [1.165, 1.54) is 12.1 Å². The van der Waals surface area contributed by atoms with Crippen molar-refractivity contribution in [3.63, 3.8) is 0 Å². The monoisotopic (exact) mass is 403 g/mol. The van der Waals surface area contributed by atoms with Crippen molar-refractivity contribution < 1.29 is 9.13 Å². The minimum atomic E-state index is -0.250. The predicted octanol–water partition coefficient (Wildman–Crippen LogP) is 3.84.